The van der Waals surface area contributed by atoms with E-state index in [0.29, 0.717) is 49.2 Å². The molecule has 4 unspecified atom stereocenters. The number of benzene rings is 2. The molecule has 0 radical (unpaired) electrons. The van der Waals surface area contributed by atoms with Crippen molar-refractivity contribution in [1.82, 2.24) is 20.0 Å². The van der Waals surface area contributed by atoms with E-state index in [9.17, 15) is 14.9 Å². The maximum atomic E-state index is 14.4. The van der Waals surface area contributed by atoms with E-state index in [0.717, 1.165) is 37.1 Å². The number of hydrogen-bond donors (Lipinski definition) is 1. The molecule has 42 heavy (non-hydrogen) atoms. The molecule has 3 aliphatic heterocycles. The fraction of sp³-hybridized carbons (Fsp3) is 0.545. The number of carbonyl (C=O) groups is 2. The molecule has 5 rings (SSSR count). The number of nitriles is 1. The first-order chi connectivity index (χ1) is 20.0. The second-order valence-electron chi connectivity index (χ2n) is 13.2. The first kappa shape index (κ1) is 30.8. The van der Waals surface area contributed by atoms with E-state index in [1.165, 1.54) is 0 Å². The van der Waals surface area contributed by atoms with E-state index in [2.05, 4.69) is 37.1 Å². The Morgan fingerprint density at radius 3 is 2.21 bits per heavy atom. The van der Waals surface area contributed by atoms with Crippen LogP contribution >= 0.6 is 23.2 Å². The molecule has 2 aromatic carbocycles. The predicted molar refractivity (Wildman–Crippen MR) is 167 cm³/mol. The number of hydrogen-bond acceptors (Lipinski definition) is 5. The van der Waals surface area contributed by atoms with Crippen LogP contribution in [0.5, 0.6) is 0 Å². The molecule has 0 spiro atoms. The van der Waals surface area contributed by atoms with Crippen molar-refractivity contribution in [3.63, 3.8) is 0 Å². The Kier molecular flexibility index (Phi) is 9.20. The summed E-state index contributed by atoms with van der Waals surface area (Å²) in [4.78, 5) is 33.1. The summed E-state index contributed by atoms with van der Waals surface area (Å²) < 4.78 is 0. The Hall–Kier alpha value is -2.63. The highest BCUT2D eigenvalue weighted by atomic mass is 35.5. The molecule has 2 amide bonds. The zero-order valence-corrected chi connectivity index (χ0v) is 26.3. The Labute approximate surface area is 259 Å². The lowest BCUT2D eigenvalue weighted by Crippen LogP contribution is -2.55. The summed E-state index contributed by atoms with van der Waals surface area (Å²) in [6.07, 6.45) is 2.84. The number of halogens is 2. The van der Waals surface area contributed by atoms with E-state index in [-0.39, 0.29) is 23.3 Å². The lowest BCUT2D eigenvalue weighted by atomic mass is 9.63. The number of piperazine rings is 1. The van der Waals surface area contributed by atoms with Gasteiger partial charge in [-0.25, -0.2) is 0 Å². The van der Waals surface area contributed by atoms with Gasteiger partial charge in [0.25, 0.3) is 0 Å². The largest absolute Gasteiger partial charge is 0.342 e. The van der Waals surface area contributed by atoms with E-state index in [4.69, 9.17) is 23.2 Å². The fourth-order valence-electron chi connectivity index (χ4n) is 7.02. The molecule has 4 atom stereocenters. The molecule has 0 bridgehead atoms. The zero-order valence-electron chi connectivity index (χ0n) is 24.8. The van der Waals surface area contributed by atoms with Crippen LogP contribution in [-0.4, -0.2) is 84.4 Å². The Morgan fingerprint density at radius 2 is 1.62 bits per heavy atom. The average Bonchev–Trinajstić information content (AvgIpc) is 3.60. The molecule has 0 aliphatic carbocycles. The first-order valence-corrected chi connectivity index (χ1v) is 15.8. The van der Waals surface area contributed by atoms with Gasteiger partial charge in [-0.3, -0.25) is 14.5 Å². The summed E-state index contributed by atoms with van der Waals surface area (Å²) in [6, 6.07) is 16.8. The highest BCUT2D eigenvalue weighted by Gasteiger charge is 2.60. The van der Waals surface area contributed by atoms with Crippen LogP contribution in [0.15, 0.2) is 48.5 Å². The molecule has 1 N–H and O–H groups in total. The van der Waals surface area contributed by atoms with Crippen LogP contribution in [0.25, 0.3) is 0 Å². The first-order valence-electron chi connectivity index (χ1n) is 15.0. The number of likely N-dealkylation sites (tertiary alicyclic amines) is 1. The highest BCUT2D eigenvalue weighted by molar-refractivity contribution is 6.30. The van der Waals surface area contributed by atoms with E-state index < -0.39 is 17.4 Å². The van der Waals surface area contributed by atoms with Crippen molar-refractivity contribution >= 4 is 35.0 Å². The summed E-state index contributed by atoms with van der Waals surface area (Å²) in [5.74, 6) is -0.315. The average molecular weight is 611 g/mol. The summed E-state index contributed by atoms with van der Waals surface area (Å²) in [5, 5.41) is 15.9. The third-order valence-corrected chi connectivity index (χ3v) is 9.54. The quantitative estimate of drug-likeness (QED) is 0.494. The van der Waals surface area contributed by atoms with Gasteiger partial charge >= 0.3 is 0 Å². The second-order valence-corrected chi connectivity index (χ2v) is 14.0. The zero-order chi connectivity index (χ0) is 30.1. The van der Waals surface area contributed by atoms with Gasteiger partial charge in [0.1, 0.15) is 5.41 Å². The third kappa shape index (κ3) is 6.33. The maximum absolute atomic E-state index is 14.4. The van der Waals surface area contributed by atoms with Crippen molar-refractivity contribution in [1.29, 1.82) is 5.26 Å². The molecule has 0 aromatic heterocycles. The Morgan fingerprint density at radius 1 is 0.952 bits per heavy atom. The van der Waals surface area contributed by atoms with Gasteiger partial charge in [-0.1, -0.05) is 68.2 Å². The van der Waals surface area contributed by atoms with E-state index in [1.54, 1.807) is 0 Å². The molecular formula is C33H41Cl2N5O2. The summed E-state index contributed by atoms with van der Waals surface area (Å²) in [7, 11) is 0. The van der Waals surface area contributed by atoms with E-state index in [1.807, 2.05) is 58.3 Å². The predicted octanol–water partition coefficient (Wildman–Crippen LogP) is 5.08. The van der Waals surface area contributed by atoms with Crippen LogP contribution in [0.4, 0.5) is 0 Å². The number of carbonyl (C=O) groups excluding carboxylic acids is 2. The summed E-state index contributed by atoms with van der Waals surface area (Å²) in [6.45, 7) is 10.9. The molecule has 7 nitrogen and oxygen atoms in total. The smallest absolute Gasteiger partial charge is 0.240 e. The number of nitrogens with one attached hydrogen (secondary N) is 1. The minimum atomic E-state index is -1.03. The molecular weight excluding hydrogens is 569 g/mol. The van der Waals surface area contributed by atoms with Crippen molar-refractivity contribution in [2.75, 3.05) is 45.8 Å². The molecule has 0 saturated carbocycles. The Bertz CT molecular complexity index is 1320. The minimum absolute atomic E-state index is 0.0181. The van der Waals surface area contributed by atoms with E-state index >= 15 is 0 Å². The van der Waals surface area contributed by atoms with Crippen molar-refractivity contribution in [2.45, 2.75) is 63.5 Å². The van der Waals surface area contributed by atoms with Gasteiger partial charge in [0, 0.05) is 61.3 Å². The van der Waals surface area contributed by atoms with Crippen molar-refractivity contribution in [3.05, 3.63) is 69.7 Å². The van der Waals surface area contributed by atoms with Crippen molar-refractivity contribution in [3.8, 4) is 6.07 Å². The highest BCUT2D eigenvalue weighted by Crippen LogP contribution is 2.51. The molecule has 224 valence electrons. The molecule has 3 fully saturated rings. The van der Waals surface area contributed by atoms with Crippen LogP contribution in [0.1, 0.15) is 57.1 Å². The van der Waals surface area contributed by atoms with Gasteiger partial charge in [0.05, 0.1) is 18.7 Å². The normalized spacial score (nSPS) is 26.8. The second kappa shape index (κ2) is 12.5. The van der Waals surface area contributed by atoms with Gasteiger partial charge in [0.2, 0.25) is 11.8 Å². The summed E-state index contributed by atoms with van der Waals surface area (Å²) in [5.41, 5.74) is 0.557. The lowest BCUT2D eigenvalue weighted by Gasteiger charge is -2.38. The SMILES string of the molecule is CC(C)(C)CC1NC(C(=O)N2CCN(CC(=O)N3CCCC3)CC2)C(c2cccc(Cl)c2)C1(C#N)c1ccc(Cl)cc1. The number of nitrogens with zero attached hydrogens (tertiary/aromatic N) is 4. The van der Waals surface area contributed by atoms with Crippen molar-refractivity contribution < 1.29 is 9.59 Å². The number of rotatable bonds is 6. The maximum Gasteiger partial charge on any atom is 0.240 e. The monoisotopic (exact) mass is 609 g/mol. The summed E-state index contributed by atoms with van der Waals surface area (Å²) >= 11 is 12.8. The van der Waals surface area contributed by atoms with Crippen LogP contribution in [-0.2, 0) is 15.0 Å². The van der Waals surface area contributed by atoms with Crippen LogP contribution in [0.3, 0.4) is 0 Å². The lowest BCUT2D eigenvalue weighted by molar-refractivity contribution is -0.136. The van der Waals surface area contributed by atoms with Gasteiger partial charge in [-0.15, -0.1) is 0 Å². The van der Waals surface area contributed by atoms with Gasteiger partial charge < -0.3 is 15.1 Å². The van der Waals surface area contributed by atoms with Crippen LogP contribution in [0, 0.1) is 16.7 Å². The Balaban J connectivity index is 1.46. The molecule has 2 aromatic rings. The number of amides is 2. The standard InChI is InChI=1S/C33H41Cl2N5O2/c1-32(2,3)20-27-33(22-36,24-9-11-25(34)12-10-24)29(23-7-6-8-26(35)19-23)30(37-27)31(42)40-17-15-38(16-18-40)21-28(41)39-13-4-5-14-39/h6-12,19,27,29-30,37H,4-5,13-18,20-21H2,1-3H3. The topological polar surface area (TPSA) is 79.7 Å². The molecule has 3 aliphatic rings. The van der Waals surface area contributed by atoms with Gasteiger partial charge in [-0.2, -0.15) is 5.26 Å². The molecule has 3 saturated heterocycles. The third-order valence-electron chi connectivity index (χ3n) is 9.05. The van der Waals surface area contributed by atoms with Crippen LogP contribution < -0.4 is 5.32 Å². The van der Waals surface area contributed by atoms with Crippen LogP contribution in [0.2, 0.25) is 10.0 Å². The molecule has 3 heterocycles. The van der Waals surface area contributed by atoms with Crippen molar-refractivity contribution in [2.24, 2.45) is 5.41 Å². The fourth-order valence-corrected chi connectivity index (χ4v) is 7.35. The molecule has 9 heteroatoms. The van der Waals surface area contributed by atoms with Gasteiger partial charge in [-0.05, 0) is 60.1 Å². The minimum Gasteiger partial charge on any atom is -0.342 e. The van der Waals surface area contributed by atoms with Gasteiger partial charge in [0.15, 0.2) is 0 Å².